The maximum atomic E-state index is 12.7. The van der Waals surface area contributed by atoms with Crippen molar-refractivity contribution in [2.24, 2.45) is 5.92 Å². The Morgan fingerprint density at radius 3 is 2.34 bits per heavy atom. The van der Waals surface area contributed by atoms with Gasteiger partial charge in [-0.15, -0.1) is 0 Å². The molecule has 2 aliphatic rings. The number of anilines is 1. The molecule has 2 fully saturated rings. The molecule has 7 nitrogen and oxygen atoms in total. The Bertz CT molecular complexity index is 703. The number of carbonyl (C=O) groups excluding carboxylic acids is 2. The Morgan fingerprint density at radius 2 is 1.76 bits per heavy atom. The van der Waals surface area contributed by atoms with Gasteiger partial charge in [0.25, 0.3) is 5.91 Å². The first-order chi connectivity index (χ1) is 13.9. The minimum Gasteiger partial charge on any atom is -0.382 e. The largest absolute Gasteiger partial charge is 0.382 e. The number of hydrogen-bond acceptors (Lipinski definition) is 5. The Hall–Kier alpha value is -2.12. The van der Waals surface area contributed by atoms with Gasteiger partial charge in [-0.1, -0.05) is 38.3 Å². The molecule has 0 bridgehead atoms. The molecule has 0 unspecified atom stereocenters. The number of hydroxylamine groups is 1. The molecule has 29 heavy (non-hydrogen) atoms. The molecule has 1 aromatic carbocycles. The quantitative estimate of drug-likeness (QED) is 0.518. The van der Waals surface area contributed by atoms with E-state index in [0.29, 0.717) is 25.6 Å². The molecule has 3 atom stereocenters. The fourth-order valence-corrected chi connectivity index (χ4v) is 4.60. The second kappa shape index (κ2) is 9.59. The van der Waals surface area contributed by atoms with Gasteiger partial charge in [-0.2, -0.15) is 0 Å². The van der Waals surface area contributed by atoms with E-state index in [1.54, 1.807) is 4.90 Å². The number of nitrogens with one attached hydrogen (secondary N) is 1. The van der Waals surface area contributed by atoms with Crippen LogP contribution in [0.3, 0.4) is 0 Å². The average Bonchev–Trinajstić information content (AvgIpc) is 2.77. The molecule has 1 saturated carbocycles. The summed E-state index contributed by atoms with van der Waals surface area (Å²) in [5.74, 6) is -1.46. The monoisotopic (exact) mass is 403 g/mol. The molecule has 1 saturated heterocycles. The van der Waals surface area contributed by atoms with Crippen LogP contribution in [0.25, 0.3) is 0 Å². The summed E-state index contributed by atoms with van der Waals surface area (Å²) >= 11 is 0. The van der Waals surface area contributed by atoms with Gasteiger partial charge in [-0.3, -0.25) is 14.8 Å². The van der Waals surface area contributed by atoms with Gasteiger partial charge in [0, 0.05) is 31.4 Å². The van der Waals surface area contributed by atoms with Gasteiger partial charge < -0.3 is 14.9 Å². The number of carbonyl (C=O) groups is 2. The Kier molecular flexibility index (Phi) is 7.14. The van der Waals surface area contributed by atoms with Crippen molar-refractivity contribution in [3.8, 4) is 0 Å². The molecule has 3 rings (SSSR count). The maximum Gasteiger partial charge on any atom is 0.272 e. The van der Waals surface area contributed by atoms with Crippen LogP contribution in [0.4, 0.5) is 5.69 Å². The van der Waals surface area contributed by atoms with Crippen LogP contribution in [0, 0.1) is 5.92 Å². The van der Waals surface area contributed by atoms with Crippen LogP contribution in [0.5, 0.6) is 0 Å². The number of aliphatic hydroxyl groups is 1. The van der Waals surface area contributed by atoms with E-state index in [-0.39, 0.29) is 11.9 Å². The van der Waals surface area contributed by atoms with E-state index in [1.165, 1.54) is 50.1 Å². The highest BCUT2D eigenvalue weighted by Crippen LogP contribution is 2.33. The maximum absolute atomic E-state index is 12.7. The minimum absolute atomic E-state index is 0.0406. The molecule has 0 radical (unpaired) electrons. The molecular formula is C22H33N3O4. The highest BCUT2D eigenvalue weighted by molar-refractivity contribution is 5.88. The van der Waals surface area contributed by atoms with Gasteiger partial charge in [0.2, 0.25) is 5.91 Å². The topological polar surface area (TPSA) is 93.1 Å². The highest BCUT2D eigenvalue weighted by atomic mass is 16.5. The summed E-state index contributed by atoms with van der Waals surface area (Å²) in [4.78, 5) is 28.1. The second-order valence-corrected chi connectivity index (χ2v) is 8.46. The second-order valence-electron chi connectivity index (χ2n) is 8.46. The van der Waals surface area contributed by atoms with E-state index in [9.17, 15) is 14.7 Å². The van der Waals surface area contributed by atoms with Crippen LogP contribution in [0.2, 0.25) is 0 Å². The van der Waals surface area contributed by atoms with Gasteiger partial charge >= 0.3 is 0 Å². The third kappa shape index (κ3) is 4.90. The molecule has 2 amide bonds. The zero-order valence-electron chi connectivity index (χ0n) is 17.4. The molecule has 0 aromatic heterocycles. The van der Waals surface area contributed by atoms with E-state index in [1.807, 2.05) is 6.92 Å². The van der Waals surface area contributed by atoms with Gasteiger partial charge in [-0.05, 0) is 43.4 Å². The van der Waals surface area contributed by atoms with Crippen molar-refractivity contribution in [3.63, 3.8) is 0 Å². The van der Waals surface area contributed by atoms with Crippen LogP contribution in [0.1, 0.15) is 57.4 Å². The number of piperazine rings is 1. The Morgan fingerprint density at radius 1 is 1.10 bits per heavy atom. The molecule has 1 aliphatic heterocycles. The first-order valence-corrected chi connectivity index (χ1v) is 10.7. The number of aliphatic hydroxyl groups excluding tert-OH is 1. The van der Waals surface area contributed by atoms with Crippen LogP contribution in [-0.4, -0.2) is 58.8 Å². The fraction of sp³-hybridized carbons (Fsp3) is 0.636. The predicted molar refractivity (Wildman–Crippen MR) is 111 cm³/mol. The smallest absolute Gasteiger partial charge is 0.272 e. The number of hydrogen-bond donors (Lipinski definition) is 3. The van der Waals surface area contributed by atoms with E-state index in [4.69, 9.17) is 5.21 Å². The van der Waals surface area contributed by atoms with Crippen molar-refractivity contribution in [3.05, 3.63) is 29.8 Å². The highest BCUT2D eigenvalue weighted by Gasteiger charge is 2.35. The van der Waals surface area contributed by atoms with Gasteiger partial charge in [-0.25, -0.2) is 5.48 Å². The molecule has 1 aromatic rings. The minimum atomic E-state index is -1.56. The van der Waals surface area contributed by atoms with Gasteiger partial charge in [0.15, 0.2) is 0 Å². The Labute approximate surface area is 172 Å². The van der Waals surface area contributed by atoms with Crippen LogP contribution in [0.15, 0.2) is 24.3 Å². The molecule has 0 spiro atoms. The molecule has 160 valence electrons. The normalized spacial score (nSPS) is 22.8. The fourth-order valence-electron chi connectivity index (χ4n) is 4.60. The standard InChI is InChI=1S/C22H33N3O4/c1-15-14-24(12-13-25(15)22(28)16(2)20(26)21(27)23-29)19-10-8-18(9-11-19)17-6-4-3-5-7-17/h8-11,15-17,20,26,29H,3-7,12-14H2,1-2H3,(H,23,27)/t15-,16+,20+/m1/s1. The van der Waals surface area contributed by atoms with Crippen LogP contribution < -0.4 is 10.4 Å². The van der Waals surface area contributed by atoms with E-state index < -0.39 is 17.9 Å². The summed E-state index contributed by atoms with van der Waals surface area (Å²) in [5, 5.41) is 18.6. The Balaban J connectivity index is 1.59. The molecule has 1 heterocycles. The van der Waals surface area contributed by atoms with Crippen molar-refractivity contribution in [1.82, 2.24) is 10.4 Å². The van der Waals surface area contributed by atoms with Gasteiger partial charge in [0.1, 0.15) is 6.10 Å². The number of nitrogens with zero attached hydrogens (tertiary/aromatic N) is 2. The SMILES string of the molecule is C[C@H](C(=O)N1CCN(c2ccc(C3CCCCC3)cc2)C[C@H]1C)[C@H](O)C(=O)NO. The van der Waals surface area contributed by atoms with E-state index in [0.717, 1.165) is 5.69 Å². The summed E-state index contributed by atoms with van der Waals surface area (Å²) in [6, 6.07) is 8.83. The first kappa shape index (κ1) is 21.6. The summed E-state index contributed by atoms with van der Waals surface area (Å²) < 4.78 is 0. The molecule has 7 heteroatoms. The van der Waals surface area contributed by atoms with Gasteiger partial charge in [0.05, 0.1) is 5.92 Å². The zero-order valence-corrected chi connectivity index (χ0v) is 17.4. The number of benzene rings is 1. The van der Waals surface area contributed by atoms with Crippen LogP contribution in [-0.2, 0) is 9.59 Å². The first-order valence-electron chi connectivity index (χ1n) is 10.7. The van der Waals surface area contributed by atoms with Crippen molar-refractivity contribution in [1.29, 1.82) is 0 Å². The summed E-state index contributed by atoms with van der Waals surface area (Å²) in [6.45, 7) is 5.41. The lowest BCUT2D eigenvalue weighted by Crippen LogP contribution is -2.57. The van der Waals surface area contributed by atoms with Crippen molar-refractivity contribution < 1.29 is 19.9 Å². The van der Waals surface area contributed by atoms with Crippen molar-refractivity contribution in [2.75, 3.05) is 24.5 Å². The lowest BCUT2D eigenvalue weighted by molar-refractivity contribution is -0.150. The van der Waals surface area contributed by atoms with E-state index >= 15 is 0 Å². The van der Waals surface area contributed by atoms with Crippen molar-refractivity contribution >= 4 is 17.5 Å². The summed E-state index contributed by atoms with van der Waals surface area (Å²) in [6.07, 6.45) is 5.02. The molecular weight excluding hydrogens is 370 g/mol. The van der Waals surface area contributed by atoms with Crippen molar-refractivity contribution in [2.45, 2.75) is 64.0 Å². The number of rotatable bonds is 5. The molecule has 3 N–H and O–H groups in total. The summed E-state index contributed by atoms with van der Waals surface area (Å²) in [5.41, 5.74) is 4.00. The lowest BCUT2D eigenvalue weighted by Gasteiger charge is -2.42. The third-order valence-electron chi connectivity index (χ3n) is 6.49. The predicted octanol–water partition coefficient (Wildman–Crippen LogP) is 2.27. The zero-order chi connectivity index (χ0) is 21.0. The average molecular weight is 404 g/mol. The number of amides is 2. The molecule has 1 aliphatic carbocycles. The lowest BCUT2D eigenvalue weighted by atomic mass is 9.84. The third-order valence-corrected chi connectivity index (χ3v) is 6.49. The summed E-state index contributed by atoms with van der Waals surface area (Å²) in [7, 11) is 0. The van der Waals surface area contributed by atoms with Crippen LogP contribution >= 0.6 is 0 Å². The van der Waals surface area contributed by atoms with E-state index in [2.05, 4.69) is 29.2 Å².